The maximum atomic E-state index is 10.9. The van der Waals surface area contributed by atoms with Gasteiger partial charge >= 0.3 is 5.97 Å². The lowest BCUT2D eigenvalue weighted by atomic mass is 9.88. The predicted molar refractivity (Wildman–Crippen MR) is 83.0 cm³/mol. The Balaban J connectivity index is 1.61. The monoisotopic (exact) mass is 316 g/mol. The van der Waals surface area contributed by atoms with Gasteiger partial charge in [0.25, 0.3) is 0 Å². The van der Waals surface area contributed by atoms with Crippen LogP contribution in [0.15, 0.2) is 18.2 Å². The number of ether oxygens (including phenoxy) is 1. The first kappa shape index (κ1) is 15.7. The number of carboxylic acid groups (broad SMARTS) is 1. The maximum absolute atomic E-state index is 10.9. The third-order valence-corrected chi connectivity index (χ3v) is 4.40. The van der Waals surface area contributed by atoms with Crippen LogP contribution in [0.4, 0.5) is 5.82 Å². The molecule has 0 aliphatic carbocycles. The first-order chi connectivity index (χ1) is 11.1. The van der Waals surface area contributed by atoms with Crippen molar-refractivity contribution in [3.05, 3.63) is 23.9 Å². The van der Waals surface area contributed by atoms with Crippen LogP contribution in [0.25, 0.3) is 0 Å². The van der Waals surface area contributed by atoms with Gasteiger partial charge in [0.2, 0.25) is 0 Å². The zero-order valence-corrected chi connectivity index (χ0v) is 12.9. The predicted octanol–water partition coefficient (Wildman–Crippen LogP) is 1.07. The highest BCUT2D eigenvalue weighted by Gasteiger charge is 2.43. The Morgan fingerprint density at radius 3 is 3.26 bits per heavy atom. The van der Waals surface area contributed by atoms with Crippen molar-refractivity contribution in [2.75, 3.05) is 31.6 Å². The molecule has 7 nitrogen and oxygen atoms in total. The Labute approximate surface area is 134 Å². The van der Waals surface area contributed by atoms with Crippen molar-refractivity contribution >= 4 is 11.8 Å². The van der Waals surface area contributed by atoms with Gasteiger partial charge in [0.1, 0.15) is 17.6 Å². The van der Waals surface area contributed by atoms with E-state index in [4.69, 9.17) is 15.1 Å². The van der Waals surface area contributed by atoms with Crippen LogP contribution in [-0.4, -0.2) is 58.8 Å². The number of nitriles is 1. The molecule has 2 unspecified atom stereocenters. The lowest BCUT2D eigenvalue weighted by molar-refractivity contribution is -0.140. The van der Waals surface area contributed by atoms with Gasteiger partial charge in [0.05, 0.1) is 24.8 Å². The third-order valence-electron chi connectivity index (χ3n) is 4.40. The number of likely N-dealkylation sites (tertiary alicyclic amines) is 1. The van der Waals surface area contributed by atoms with Gasteiger partial charge in [0.15, 0.2) is 0 Å². The van der Waals surface area contributed by atoms with Gasteiger partial charge < -0.3 is 15.2 Å². The van der Waals surface area contributed by atoms with E-state index >= 15 is 0 Å². The Bertz CT molecular complexity index is 630. The number of aromatic nitrogens is 1. The number of hydrogen-bond acceptors (Lipinski definition) is 6. The fourth-order valence-corrected chi connectivity index (χ4v) is 3.52. The zero-order chi connectivity index (χ0) is 16.3. The molecule has 2 fully saturated rings. The van der Waals surface area contributed by atoms with Crippen molar-refractivity contribution in [2.45, 2.75) is 30.9 Å². The van der Waals surface area contributed by atoms with E-state index in [-0.39, 0.29) is 18.2 Å². The molecular weight excluding hydrogens is 296 g/mol. The summed E-state index contributed by atoms with van der Waals surface area (Å²) in [5, 5.41) is 21.2. The van der Waals surface area contributed by atoms with Crippen LogP contribution in [0.2, 0.25) is 0 Å². The Kier molecular flexibility index (Phi) is 4.46. The normalized spacial score (nSPS) is 27.7. The van der Waals surface area contributed by atoms with E-state index in [0.717, 1.165) is 25.8 Å². The summed E-state index contributed by atoms with van der Waals surface area (Å²) in [5.41, 5.74) is 0.118. The molecule has 0 saturated carbocycles. The number of pyridine rings is 1. The third kappa shape index (κ3) is 3.78. The lowest BCUT2D eigenvalue weighted by Crippen LogP contribution is -2.49. The van der Waals surface area contributed by atoms with Crippen molar-refractivity contribution < 1.29 is 14.6 Å². The van der Waals surface area contributed by atoms with Crippen molar-refractivity contribution in [1.29, 1.82) is 5.26 Å². The first-order valence-electron chi connectivity index (χ1n) is 7.80. The fraction of sp³-hybridized carbons (Fsp3) is 0.562. The first-order valence-corrected chi connectivity index (χ1v) is 7.80. The van der Waals surface area contributed by atoms with Crippen LogP contribution in [0.5, 0.6) is 0 Å². The number of nitrogens with one attached hydrogen (secondary N) is 1. The maximum Gasteiger partial charge on any atom is 0.317 e. The summed E-state index contributed by atoms with van der Waals surface area (Å²) in [7, 11) is 0. The van der Waals surface area contributed by atoms with E-state index in [9.17, 15) is 4.79 Å². The molecular formula is C16H20N4O3. The summed E-state index contributed by atoms with van der Waals surface area (Å²) in [6.45, 7) is 2.10. The molecule has 1 spiro atoms. The molecule has 2 N–H and O–H groups in total. The molecule has 2 aliphatic rings. The van der Waals surface area contributed by atoms with Crippen LogP contribution < -0.4 is 5.32 Å². The summed E-state index contributed by atoms with van der Waals surface area (Å²) in [6.07, 6.45) is 2.72. The molecule has 0 bridgehead atoms. The van der Waals surface area contributed by atoms with Crippen LogP contribution in [-0.2, 0) is 9.53 Å². The minimum absolute atomic E-state index is 0.0645. The number of piperidine rings is 1. The molecule has 1 aromatic rings. The summed E-state index contributed by atoms with van der Waals surface area (Å²) in [5.74, 6) is -0.125. The van der Waals surface area contributed by atoms with Crippen LogP contribution in [0, 0.1) is 11.3 Å². The van der Waals surface area contributed by atoms with E-state index in [1.807, 2.05) is 17.0 Å². The molecule has 2 atom stereocenters. The Morgan fingerprint density at radius 2 is 2.48 bits per heavy atom. The Hall–Kier alpha value is -2.17. The molecule has 23 heavy (non-hydrogen) atoms. The molecule has 0 radical (unpaired) electrons. The number of rotatable bonds is 4. The van der Waals surface area contributed by atoms with Gasteiger partial charge in [-0.3, -0.25) is 9.69 Å². The largest absolute Gasteiger partial charge is 0.480 e. The lowest BCUT2D eigenvalue weighted by Gasteiger charge is -2.39. The highest BCUT2D eigenvalue weighted by molar-refractivity contribution is 5.69. The summed E-state index contributed by atoms with van der Waals surface area (Å²) in [6, 6.07) is 7.46. The minimum Gasteiger partial charge on any atom is -0.480 e. The van der Waals surface area contributed by atoms with Gasteiger partial charge in [-0.2, -0.15) is 5.26 Å². The topological polar surface area (TPSA) is 98.5 Å². The molecule has 122 valence electrons. The Morgan fingerprint density at radius 1 is 1.61 bits per heavy atom. The average molecular weight is 316 g/mol. The van der Waals surface area contributed by atoms with Gasteiger partial charge in [-0.1, -0.05) is 6.07 Å². The quantitative estimate of drug-likeness (QED) is 0.857. The highest BCUT2D eigenvalue weighted by atomic mass is 16.5. The van der Waals surface area contributed by atoms with Crippen molar-refractivity contribution in [2.24, 2.45) is 0 Å². The molecule has 1 aromatic heterocycles. The number of hydrogen-bond donors (Lipinski definition) is 2. The molecule has 3 rings (SSSR count). The zero-order valence-electron chi connectivity index (χ0n) is 12.9. The number of nitrogens with zero attached hydrogens (tertiary/aromatic N) is 3. The highest BCUT2D eigenvalue weighted by Crippen LogP contribution is 2.35. The number of carboxylic acids is 1. The van der Waals surface area contributed by atoms with Gasteiger partial charge in [-0.25, -0.2) is 4.98 Å². The van der Waals surface area contributed by atoms with Gasteiger partial charge in [-0.05, 0) is 31.5 Å². The number of aliphatic carboxylic acids is 1. The van der Waals surface area contributed by atoms with E-state index in [1.54, 1.807) is 12.1 Å². The molecule has 2 saturated heterocycles. The van der Waals surface area contributed by atoms with Crippen LogP contribution in [0.3, 0.4) is 0 Å². The van der Waals surface area contributed by atoms with Crippen molar-refractivity contribution in [3.63, 3.8) is 0 Å². The second kappa shape index (κ2) is 6.52. The van der Waals surface area contributed by atoms with Crippen LogP contribution in [0.1, 0.15) is 25.0 Å². The van der Waals surface area contributed by atoms with E-state index in [0.29, 0.717) is 24.7 Å². The minimum atomic E-state index is -0.799. The van der Waals surface area contributed by atoms with E-state index < -0.39 is 5.97 Å². The summed E-state index contributed by atoms with van der Waals surface area (Å²) in [4.78, 5) is 17.1. The SMILES string of the molecule is N#Cc1cccc(NC2COC3(CCCN(CC(=O)O)C3)C2)n1. The summed E-state index contributed by atoms with van der Waals surface area (Å²) >= 11 is 0. The molecule has 3 heterocycles. The molecule has 2 aliphatic heterocycles. The summed E-state index contributed by atoms with van der Waals surface area (Å²) < 4.78 is 6.04. The smallest absolute Gasteiger partial charge is 0.317 e. The molecule has 0 amide bonds. The molecule has 7 heteroatoms. The van der Waals surface area contributed by atoms with Gasteiger partial charge in [0, 0.05) is 13.0 Å². The van der Waals surface area contributed by atoms with Crippen LogP contribution >= 0.6 is 0 Å². The van der Waals surface area contributed by atoms with Gasteiger partial charge in [-0.15, -0.1) is 0 Å². The van der Waals surface area contributed by atoms with Crippen molar-refractivity contribution in [1.82, 2.24) is 9.88 Å². The molecule has 0 aromatic carbocycles. The second-order valence-electron chi connectivity index (χ2n) is 6.27. The standard InChI is InChI=1S/C16H20N4O3/c17-8-12-3-1-4-14(18-12)19-13-7-16(23-10-13)5-2-6-20(11-16)9-15(21)22/h1,3-4,13H,2,5-7,9-11H2,(H,18,19)(H,21,22). The van der Waals surface area contributed by atoms with E-state index in [1.165, 1.54) is 0 Å². The second-order valence-corrected chi connectivity index (χ2v) is 6.27. The number of anilines is 1. The van der Waals surface area contributed by atoms with Crippen molar-refractivity contribution in [3.8, 4) is 6.07 Å². The average Bonchev–Trinajstić information content (AvgIpc) is 2.89. The number of carbonyl (C=O) groups is 1. The van der Waals surface area contributed by atoms with E-state index in [2.05, 4.69) is 10.3 Å². The fourth-order valence-electron chi connectivity index (χ4n) is 3.52.